The summed E-state index contributed by atoms with van der Waals surface area (Å²) < 4.78 is 5.63. The van der Waals surface area contributed by atoms with Crippen LogP contribution < -0.4 is 5.32 Å². The van der Waals surface area contributed by atoms with Gasteiger partial charge >= 0.3 is 0 Å². The van der Waals surface area contributed by atoms with Gasteiger partial charge in [0.05, 0.1) is 12.1 Å². The Balaban J connectivity index is 1.95. The minimum atomic E-state index is 0.174. The Kier molecular flexibility index (Phi) is 3.03. The first-order chi connectivity index (χ1) is 8.88. The summed E-state index contributed by atoms with van der Waals surface area (Å²) in [6.07, 6.45) is 1.14. The third-order valence-electron chi connectivity index (χ3n) is 3.57. The van der Waals surface area contributed by atoms with Crippen molar-refractivity contribution in [1.82, 2.24) is 0 Å². The van der Waals surface area contributed by atoms with Gasteiger partial charge in [-0.1, -0.05) is 48.5 Å². The number of fused-ring (bicyclic) bond motifs is 1. The Labute approximate surface area is 108 Å². The molecule has 1 aliphatic heterocycles. The van der Waals surface area contributed by atoms with Gasteiger partial charge in [-0.15, -0.1) is 0 Å². The van der Waals surface area contributed by atoms with E-state index < -0.39 is 0 Å². The molecule has 3 rings (SSSR count). The number of methoxy groups -OCH3 is 1. The lowest BCUT2D eigenvalue weighted by molar-refractivity contribution is 0.0879. The van der Waals surface area contributed by atoms with Gasteiger partial charge in [0.15, 0.2) is 0 Å². The van der Waals surface area contributed by atoms with Gasteiger partial charge in [0.25, 0.3) is 0 Å². The van der Waals surface area contributed by atoms with Crippen LogP contribution in [0.4, 0.5) is 5.69 Å². The first-order valence-corrected chi connectivity index (χ1v) is 6.31. The van der Waals surface area contributed by atoms with Gasteiger partial charge < -0.3 is 10.1 Å². The van der Waals surface area contributed by atoms with E-state index >= 15 is 0 Å². The van der Waals surface area contributed by atoms with Gasteiger partial charge in [-0.05, 0) is 11.6 Å². The maximum absolute atomic E-state index is 5.63. The van der Waals surface area contributed by atoms with Crippen LogP contribution in [0.15, 0.2) is 54.6 Å². The van der Waals surface area contributed by atoms with E-state index in [1.165, 1.54) is 16.8 Å². The van der Waals surface area contributed by atoms with Crippen molar-refractivity contribution in [2.24, 2.45) is 0 Å². The molecule has 2 aromatic carbocycles. The lowest BCUT2D eigenvalue weighted by atomic mass is 9.91. The van der Waals surface area contributed by atoms with E-state index in [0.29, 0.717) is 6.04 Å². The maximum atomic E-state index is 5.63. The van der Waals surface area contributed by atoms with Crippen LogP contribution in [0.3, 0.4) is 0 Å². The highest BCUT2D eigenvalue weighted by molar-refractivity contribution is 5.56. The van der Waals surface area contributed by atoms with Gasteiger partial charge in [-0.2, -0.15) is 0 Å². The first-order valence-electron chi connectivity index (χ1n) is 6.31. The summed E-state index contributed by atoms with van der Waals surface area (Å²) in [5, 5.41) is 3.60. The van der Waals surface area contributed by atoms with Gasteiger partial charge in [0.2, 0.25) is 0 Å². The highest BCUT2D eigenvalue weighted by atomic mass is 16.5. The van der Waals surface area contributed by atoms with Gasteiger partial charge in [0.1, 0.15) is 0 Å². The molecule has 2 atom stereocenters. The molecule has 0 amide bonds. The van der Waals surface area contributed by atoms with Crippen molar-refractivity contribution in [3.05, 3.63) is 65.7 Å². The van der Waals surface area contributed by atoms with Crippen LogP contribution in [-0.2, 0) is 4.74 Å². The van der Waals surface area contributed by atoms with Crippen molar-refractivity contribution in [3.63, 3.8) is 0 Å². The highest BCUT2D eigenvalue weighted by Crippen LogP contribution is 2.40. The van der Waals surface area contributed by atoms with E-state index in [9.17, 15) is 0 Å². The van der Waals surface area contributed by atoms with Crippen LogP contribution in [0.1, 0.15) is 29.7 Å². The Morgan fingerprint density at radius 2 is 1.72 bits per heavy atom. The van der Waals surface area contributed by atoms with E-state index in [1.54, 1.807) is 7.11 Å². The molecule has 0 bridgehead atoms. The SMILES string of the molecule is CO[C@@H]1C[C@@H](c2ccccc2)Nc2ccccc21. The molecular formula is C16H17NO. The van der Waals surface area contributed by atoms with E-state index in [0.717, 1.165) is 6.42 Å². The number of hydrogen-bond acceptors (Lipinski definition) is 2. The van der Waals surface area contributed by atoms with E-state index in [2.05, 4.69) is 53.8 Å². The van der Waals surface area contributed by atoms with Crippen molar-refractivity contribution in [3.8, 4) is 0 Å². The summed E-state index contributed by atoms with van der Waals surface area (Å²) in [5.41, 5.74) is 3.76. The molecule has 2 aromatic rings. The number of ether oxygens (including phenoxy) is 1. The summed E-state index contributed by atoms with van der Waals surface area (Å²) in [4.78, 5) is 0. The zero-order valence-corrected chi connectivity index (χ0v) is 10.5. The second kappa shape index (κ2) is 4.83. The number of anilines is 1. The fourth-order valence-electron chi connectivity index (χ4n) is 2.62. The largest absolute Gasteiger partial charge is 0.378 e. The number of hydrogen-bond donors (Lipinski definition) is 1. The second-order valence-electron chi connectivity index (χ2n) is 4.65. The number of para-hydroxylation sites is 1. The summed E-state index contributed by atoms with van der Waals surface area (Å²) >= 11 is 0. The van der Waals surface area contributed by atoms with Crippen LogP contribution in [0.5, 0.6) is 0 Å². The second-order valence-corrected chi connectivity index (χ2v) is 4.65. The molecule has 1 N–H and O–H groups in total. The predicted octanol–water partition coefficient (Wildman–Crippen LogP) is 3.93. The molecule has 0 unspecified atom stereocenters. The van der Waals surface area contributed by atoms with Crippen LogP contribution in [0.25, 0.3) is 0 Å². The Hall–Kier alpha value is -1.80. The van der Waals surface area contributed by atoms with Gasteiger partial charge in [-0.25, -0.2) is 0 Å². The maximum Gasteiger partial charge on any atom is 0.0863 e. The third kappa shape index (κ3) is 2.00. The van der Waals surface area contributed by atoms with E-state index in [1.807, 2.05) is 6.07 Å². The zero-order valence-electron chi connectivity index (χ0n) is 10.5. The smallest absolute Gasteiger partial charge is 0.0863 e. The number of nitrogens with one attached hydrogen (secondary N) is 1. The van der Waals surface area contributed by atoms with Gasteiger partial charge in [0, 0.05) is 24.8 Å². The molecule has 0 spiro atoms. The van der Waals surface area contributed by atoms with Gasteiger partial charge in [-0.3, -0.25) is 0 Å². The average molecular weight is 239 g/mol. The van der Waals surface area contributed by atoms with E-state index in [4.69, 9.17) is 4.74 Å². The van der Waals surface area contributed by atoms with Crippen LogP contribution >= 0.6 is 0 Å². The van der Waals surface area contributed by atoms with E-state index in [-0.39, 0.29) is 6.10 Å². The Bertz CT molecular complexity index is 524. The lowest BCUT2D eigenvalue weighted by Crippen LogP contribution is -2.22. The summed E-state index contributed by atoms with van der Waals surface area (Å²) in [5.74, 6) is 0. The van der Waals surface area contributed by atoms with Crippen molar-refractivity contribution in [1.29, 1.82) is 0 Å². The van der Waals surface area contributed by atoms with Crippen molar-refractivity contribution in [2.45, 2.75) is 18.6 Å². The normalized spacial score (nSPS) is 22.1. The fraction of sp³-hybridized carbons (Fsp3) is 0.250. The molecule has 0 aliphatic carbocycles. The molecule has 2 nitrogen and oxygen atoms in total. The quantitative estimate of drug-likeness (QED) is 0.857. The molecular weight excluding hydrogens is 222 g/mol. The average Bonchev–Trinajstić information content (AvgIpc) is 2.47. The number of rotatable bonds is 2. The van der Waals surface area contributed by atoms with Crippen molar-refractivity contribution in [2.75, 3.05) is 12.4 Å². The van der Waals surface area contributed by atoms with Crippen molar-refractivity contribution < 1.29 is 4.74 Å². The number of benzene rings is 2. The Morgan fingerprint density at radius 3 is 2.50 bits per heavy atom. The lowest BCUT2D eigenvalue weighted by Gasteiger charge is -2.32. The molecule has 0 radical (unpaired) electrons. The molecule has 2 heteroatoms. The standard InChI is InChI=1S/C16H17NO/c1-18-16-11-15(12-7-3-2-4-8-12)17-14-10-6-5-9-13(14)16/h2-10,15-17H,11H2,1H3/t15-,16+/m0/s1. The third-order valence-corrected chi connectivity index (χ3v) is 3.57. The zero-order chi connectivity index (χ0) is 12.4. The summed E-state index contributed by atoms with van der Waals surface area (Å²) in [6, 6.07) is 19.3. The molecule has 1 heterocycles. The fourth-order valence-corrected chi connectivity index (χ4v) is 2.62. The summed E-state index contributed by atoms with van der Waals surface area (Å²) in [6.45, 7) is 0. The molecule has 18 heavy (non-hydrogen) atoms. The molecule has 0 fully saturated rings. The molecule has 1 aliphatic rings. The molecule has 0 saturated carbocycles. The monoisotopic (exact) mass is 239 g/mol. The molecule has 92 valence electrons. The summed E-state index contributed by atoms with van der Waals surface area (Å²) in [7, 11) is 1.79. The van der Waals surface area contributed by atoms with Crippen molar-refractivity contribution >= 4 is 5.69 Å². The van der Waals surface area contributed by atoms with Crippen LogP contribution in [-0.4, -0.2) is 7.11 Å². The first kappa shape index (κ1) is 11.3. The topological polar surface area (TPSA) is 21.3 Å². The minimum Gasteiger partial charge on any atom is -0.378 e. The molecule has 0 saturated heterocycles. The van der Waals surface area contributed by atoms with Crippen LogP contribution in [0, 0.1) is 0 Å². The molecule has 0 aromatic heterocycles. The van der Waals surface area contributed by atoms with Crippen LogP contribution in [0.2, 0.25) is 0 Å². The highest BCUT2D eigenvalue weighted by Gasteiger charge is 2.26. The Morgan fingerprint density at radius 1 is 1.00 bits per heavy atom. The predicted molar refractivity (Wildman–Crippen MR) is 73.6 cm³/mol. The minimum absolute atomic E-state index is 0.174.